The maximum Gasteiger partial charge on any atom is 0.123 e. The van der Waals surface area contributed by atoms with Crippen LogP contribution < -0.4 is 0 Å². The van der Waals surface area contributed by atoms with Crippen molar-refractivity contribution in [1.29, 1.82) is 0 Å². The van der Waals surface area contributed by atoms with Gasteiger partial charge in [-0.3, -0.25) is 4.98 Å². The molecule has 2 heteroatoms. The summed E-state index contributed by atoms with van der Waals surface area (Å²) in [5.74, 6) is 0.757. The predicted molar refractivity (Wildman–Crippen MR) is 41.1 cm³/mol. The Morgan fingerprint density at radius 3 is 2.73 bits per heavy atom. The Balaban J connectivity index is 2.14. The third-order valence-electron chi connectivity index (χ3n) is 2.15. The number of carbonyl (C=O) groups is 1. The number of nitrogens with zero attached hydrogens (tertiary/aromatic N) is 1. The summed E-state index contributed by atoms with van der Waals surface area (Å²) in [4.78, 5) is 14.3. The van der Waals surface area contributed by atoms with Gasteiger partial charge in [-0.2, -0.15) is 0 Å². The minimum atomic E-state index is 0.275. The normalized spacial score (nSPS) is 28.0. The molecule has 0 aromatic carbocycles. The van der Waals surface area contributed by atoms with E-state index < -0.39 is 0 Å². The van der Waals surface area contributed by atoms with Gasteiger partial charge in [0, 0.05) is 18.3 Å². The highest BCUT2D eigenvalue weighted by Crippen LogP contribution is 2.45. The largest absolute Gasteiger partial charge is 0.303 e. The van der Waals surface area contributed by atoms with Gasteiger partial charge in [-0.15, -0.1) is 0 Å². The molecular weight excluding hydrogens is 138 g/mol. The van der Waals surface area contributed by atoms with Gasteiger partial charge < -0.3 is 4.79 Å². The summed E-state index contributed by atoms with van der Waals surface area (Å²) in [5, 5.41) is 0. The van der Waals surface area contributed by atoms with Crippen molar-refractivity contribution < 1.29 is 4.79 Å². The maximum absolute atomic E-state index is 10.3. The number of aldehydes is 1. The van der Waals surface area contributed by atoms with Crippen LogP contribution in [0.4, 0.5) is 0 Å². The number of carbonyl (C=O) groups excluding carboxylic acids is 1. The molecule has 0 aliphatic heterocycles. The first-order valence-corrected chi connectivity index (χ1v) is 3.77. The van der Waals surface area contributed by atoms with Gasteiger partial charge in [-0.25, -0.2) is 0 Å². The van der Waals surface area contributed by atoms with Crippen LogP contribution in [0.5, 0.6) is 0 Å². The van der Waals surface area contributed by atoms with Crippen LogP contribution >= 0.6 is 0 Å². The average molecular weight is 147 g/mol. The Labute approximate surface area is 65.3 Å². The van der Waals surface area contributed by atoms with Crippen LogP contribution in [0.3, 0.4) is 0 Å². The van der Waals surface area contributed by atoms with Crippen molar-refractivity contribution in [2.24, 2.45) is 5.92 Å². The number of pyridine rings is 1. The Hall–Kier alpha value is -1.18. The van der Waals surface area contributed by atoms with Crippen molar-refractivity contribution in [1.82, 2.24) is 4.98 Å². The molecule has 0 radical (unpaired) electrons. The summed E-state index contributed by atoms with van der Waals surface area (Å²) >= 11 is 0. The van der Waals surface area contributed by atoms with Gasteiger partial charge in [0.25, 0.3) is 0 Å². The summed E-state index contributed by atoms with van der Waals surface area (Å²) in [6.45, 7) is 0. The molecule has 11 heavy (non-hydrogen) atoms. The summed E-state index contributed by atoms with van der Waals surface area (Å²) in [5.41, 5.74) is 1.25. The van der Waals surface area contributed by atoms with E-state index >= 15 is 0 Å². The van der Waals surface area contributed by atoms with Crippen molar-refractivity contribution in [3.05, 3.63) is 30.1 Å². The number of rotatable bonds is 2. The third kappa shape index (κ3) is 1.16. The van der Waals surface area contributed by atoms with Crippen LogP contribution in [-0.4, -0.2) is 11.3 Å². The van der Waals surface area contributed by atoms with Crippen LogP contribution in [-0.2, 0) is 4.79 Å². The smallest absolute Gasteiger partial charge is 0.123 e. The fourth-order valence-electron chi connectivity index (χ4n) is 1.36. The Bertz CT molecular complexity index is 258. The Morgan fingerprint density at radius 1 is 1.45 bits per heavy atom. The lowest BCUT2D eigenvalue weighted by Gasteiger charge is -1.93. The molecule has 1 fully saturated rings. The van der Waals surface area contributed by atoms with Crippen molar-refractivity contribution in [3.63, 3.8) is 0 Å². The van der Waals surface area contributed by atoms with E-state index in [0.29, 0.717) is 5.92 Å². The molecule has 1 saturated carbocycles. The van der Waals surface area contributed by atoms with Gasteiger partial charge in [-0.05, 0) is 30.0 Å². The van der Waals surface area contributed by atoms with E-state index in [1.165, 1.54) is 5.56 Å². The summed E-state index contributed by atoms with van der Waals surface area (Å²) in [6.07, 6.45) is 5.61. The first-order chi connectivity index (χ1) is 5.42. The highest BCUT2D eigenvalue weighted by Gasteiger charge is 2.37. The molecular formula is C9H9NO. The van der Waals surface area contributed by atoms with Gasteiger partial charge in [0.05, 0.1) is 0 Å². The summed E-state index contributed by atoms with van der Waals surface area (Å²) in [6, 6.07) is 3.96. The zero-order valence-corrected chi connectivity index (χ0v) is 6.10. The first kappa shape index (κ1) is 6.53. The fourth-order valence-corrected chi connectivity index (χ4v) is 1.36. The predicted octanol–water partition coefficient (Wildman–Crippen LogP) is 1.38. The van der Waals surface area contributed by atoms with Crippen molar-refractivity contribution in [2.75, 3.05) is 0 Å². The number of hydrogen-bond acceptors (Lipinski definition) is 2. The second kappa shape index (κ2) is 2.46. The van der Waals surface area contributed by atoms with E-state index in [4.69, 9.17) is 0 Å². The zero-order valence-electron chi connectivity index (χ0n) is 6.10. The van der Waals surface area contributed by atoms with Gasteiger partial charge in [0.2, 0.25) is 0 Å². The molecule has 0 spiro atoms. The molecule has 1 aliphatic rings. The van der Waals surface area contributed by atoms with Gasteiger partial charge in [0.1, 0.15) is 6.29 Å². The Kier molecular flexibility index (Phi) is 1.46. The van der Waals surface area contributed by atoms with Gasteiger partial charge in [0.15, 0.2) is 0 Å². The molecule has 1 aromatic rings. The van der Waals surface area contributed by atoms with Crippen LogP contribution in [0.15, 0.2) is 24.5 Å². The van der Waals surface area contributed by atoms with E-state index in [0.717, 1.165) is 12.7 Å². The minimum absolute atomic E-state index is 0.275. The summed E-state index contributed by atoms with van der Waals surface area (Å²) < 4.78 is 0. The molecule has 2 nitrogen and oxygen atoms in total. The van der Waals surface area contributed by atoms with Crippen LogP contribution in [0.2, 0.25) is 0 Å². The van der Waals surface area contributed by atoms with Crippen molar-refractivity contribution >= 4 is 6.29 Å². The maximum atomic E-state index is 10.3. The lowest BCUT2D eigenvalue weighted by molar-refractivity contribution is -0.108. The molecule has 1 aromatic heterocycles. The molecule has 0 unspecified atom stereocenters. The third-order valence-corrected chi connectivity index (χ3v) is 2.15. The van der Waals surface area contributed by atoms with Gasteiger partial charge >= 0.3 is 0 Å². The first-order valence-electron chi connectivity index (χ1n) is 3.77. The van der Waals surface area contributed by atoms with Crippen LogP contribution in [0.25, 0.3) is 0 Å². The molecule has 56 valence electrons. The Morgan fingerprint density at radius 2 is 2.18 bits per heavy atom. The second-order valence-electron chi connectivity index (χ2n) is 2.92. The van der Waals surface area contributed by atoms with Gasteiger partial charge in [-0.1, -0.05) is 0 Å². The quantitative estimate of drug-likeness (QED) is 0.591. The molecule has 1 aliphatic carbocycles. The van der Waals surface area contributed by atoms with Crippen molar-refractivity contribution in [3.8, 4) is 0 Å². The van der Waals surface area contributed by atoms with E-state index in [9.17, 15) is 4.79 Å². The molecule has 0 amide bonds. The van der Waals surface area contributed by atoms with E-state index in [1.807, 2.05) is 12.1 Å². The van der Waals surface area contributed by atoms with E-state index in [2.05, 4.69) is 4.98 Å². The molecule has 0 saturated heterocycles. The SMILES string of the molecule is O=C[C@H]1C[C@@H]1c1ccncc1. The standard InChI is InChI=1S/C9H9NO/c11-6-8-5-9(8)7-1-3-10-4-2-7/h1-4,6,8-9H,5H2/t8-,9-/m1/s1. The molecule has 0 bridgehead atoms. The van der Waals surface area contributed by atoms with Crippen LogP contribution in [0.1, 0.15) is 17.9 Å². The second-order valence-corrected chi connectivity index (χ2v) is 2.92. The van der Waals surface area contributed by atoms with Crippen molar-refractivity contribution in [2.45, 2.75) is 12.3 Å². The number of hydrogen-bond donors (Lipinski definition) is 0. The molecule has 2 rings (SSSR count). The topological polar surface area (TPSA) is 30.0 Å². The monoisotopic (exact) mass is 147 g/mol. The highest BCUT2D eigenvalue weighted by molar-refractivity contribution is 5.61. The zero-order chi connectivity index (χ0) is 7.68. The average Bonchev–Trinajstić information content (AvgIpc) is 2.85. The molecule has 0 N–H and O–H groups in total. The lowest BCUT2D eigenvalue weighted by atomic mass is 10.1. The molecule has 2 atom stereocenters. The fraction of sp³-hybridized carbons (Fsp3) is 0.333. The van der Waals surface area contributed by atoms with E-state index in [1.54, 1.807) is 12.4 Å². The summed E-state index contributed by atoms with van der Waals surface area (Å²) in [7, 11) is 0. The number of aromatic nitrogens is 1. The lowest BCUT2D eigenvalue weighted by Crippen LogP contribution is -1.83. The van der Waals surface area contributed by atoms with E-state index in [-0.39, 0.29) is 5.92 Å². The molecule has 1 heterocycles. The van der Waals surface area contributed by atoms with Crippen LogP contribution in [0, 0.1) is 5.92 Å². The highest BCUT2D eigenvalue weighted by atomic mass is 16.1. The minimum Gasteiger partial charge on any atom is -0.303 e.